The van der Waals surface area contributed by atoms with Crippen LogP contribution < -0.4 is 14.9 Å². The van der Waals surface area contributed by atoms with Gasteiger partial charge in [-0.25, -0.2) is 17.2 Å². The molecule has 7 nitrogen and oxygen atoms in total. The summed E-state index contributed by atoms with van der Waals surface area (Å²) in [7, 11) is -3.84. The smallest absolute Gasteiger partial charge is 0.236 e. The Morgan fingerprint density at radius 3 is 2.26 bits per heavy atom. The van der Waals surface area contributed by atoms with Gasteiger partial charge in [0.25, 0.3) is 0 Å². The van der Waals surface area contributed by atoms with E-state index in [1.165, 1.54) is 0 Å². The van der Waals surface area contributed by atoms with E-state index in [1.807, 2.05) is 6.07 Å². The number of hydrogen-bond donors (Lipinski definition) is 2. The lowest BCUT2D eigenvalue weighted by molar-refractivity contribution is 0.579. The first kappa shape index (κ1) is 21.0. The van der Waals surface area contributed by atoms with Crippen molar-refractivity contribution in [2.24, 2.45) is 0 Å². The van der Waals surface area contributed by atoms with Gasteiger partial charge in [-0.15, -0.1) is 5.10 Å². The molecule has 0 atom stereocenters. The molecule has 1 aromatic heterocycles. The molecule has 0 radical (unpaired) electrons. The summed E-state index contributed by atoms with van der Waals surface area (Å²) < 4.78 is 53.7. The molecule has 2 N–H and O–H groups in total. The standard InChI is InChI=1S/C21H21F2N5O2S/c22-16-9-15(10-17(23)11-16)14-31(29,30)27-19-5-3-18(4-6-19)25-21-12-20(13-24-26-21)28-7-1-2-8-28/h3-6,9-13,27H,1-2,7-8,14H2,(H,25,26). The molecule has 0 unspecified atom stereocenters. The number of anilines is 4. The average molecular weight is 445 g/mol. The maximum absolute atomic E-state index is 13.3. The van der Waals surface area contributed by atoms with E-state index < -0.39 is 27.4 Å². The van der Waals surface area contributed by atoms with E-state index in [0.29, 0.717) is 23.3 Å². The molecule has 1 aliphatic heterocycles. The number of sulfonamides is 1. The molecule has 0 amide bonds. The quantitative estimate of drug-likeness (QED) is 0.571. The largest absolute Gasteiger partial charge is 0.370 e. The highest BCUT2D eigenvalue weighted by molar-refractivity contribution is 7.91. The second-order valence-corrected chi connectivity index (χ2v) is 9.06. The lowest BCUT2D eigenvalue weighted by atomic mass is 10.2. The fourth-order valence-electron chi connectivity index (χ4n) is 3.46. The Hall–Kier alpha value is -3.27. The summed E-state index contributed by atoms with van der Waals surface area (Å²) in [6, 6.07) is 11.2. The summed E-state index contributed by atoms with van der Waals surface area (Å²) in [6.45, 7) is 2.00. The van der Waals surface area contributed by atoms with E-state index in [0.717, 1.165) is 43.8 Å². The molecule has 31 heavy (non-hydrogen) atoms. The summed E-state index contributed by atoms with van der Waals surface area (Å²) in [6.07, 6.45) is 4.06. The molecule has 2 aromatic carbocycles. The van der Waals surface area contributed by atoms with Gasteiger partial charge in [0.2, 0.25) is 10.0 Å². The normalized spacial score (nSPS) is 13.9. The minimum absolute atomic E-state index is 0.0275. The number of rotatable bonds is 7. The van der Waals surface area contributed by atoms with Crippen molar-refractivity contribution in [3.8, 4) is 0 Å². The molecule has 0 saturated carbocycles. The molecule has 0 spiro atoms. The highest BCUT2D eigenvalue weighted by Gasteiger charge is 2.15. The molecule has 0 aliphatic carbocycles. The van der Waals surface area contributed by atoms with E-state index in [2.05, 4.69) is 25.1 Å². The van der Waals surface area contributed by atoms with Gasteiger partial charge in [-0.3, -0.25) is 4.72 Å². The monoisotopic (exact) mass is 445 g/mol. The molecule has 1 fully saturated rings. The second kappa shape index (κ2) is 8.84. The van der Waals surface area contributed by atoms with Gasteiger partial charge in [-0.05, 0) is 54.8 Å². The predicted molar refractivity (Wildman–Crippen MR) is 116 cm³/mol. The van der Waals surface area contributed by atoms with Gasteiger partial charge >= 0.3 is 0 Å². The topological polar surface area (TPSA) is 87.2 Å². The van der Waals surface area contributed by atoms with E-state index in [1.54, 1.807) is 30.5 Å². The highest BCUT2D eigenvalue weighted by Crippen LogP contribution is 2.24. The van der Waals surface area contributed by atoms with Crippen LogP contribution in [0.4, 0.5) is 31.7 Å². The maximum atomic E-state index is 13.3. The lowest BCUT2D eigenvalue weighted by Gasteiger charge is -2.17. The molecular weight excluding hydrogens is 424 g/mol. The fraction of sp³-hybridized carbons (Fsp3) is 0.238. The van der Waals surface area contributed by atoms with Crippen molar-refractivity contribution in [3.05, 3.63) is 71.9 Å². The molecule has 162 valence electrons. The van der Waals surface area contributed by atoms with Gasteiger partial charge < -0.3 is 10.2 Å². The molecule has 1 aliphatic rings. The van der Waals surface area contributed by atoms with Gasteiger partial charge in [0.05, 0.1) is 17.6 Å². The third-order valence-corrected chi connectivity index (χ3v) is 6.08. The van der Waals surface area contributed by atoms with E-state index in [-0.39, 0.29) is 5.56 Å². The average Bonchev–Trinajstić information content (AvgIpc) is 3.23. The zero-order valence-corrected chi connectivity index (χ0v) is 17.4. The predicted octanol–water partition coefficient (Wildman–Crippen LogP) is 4.04. The zero-order valence-electron chi connectivity index (χ0n) is 16.6. The van der Waals surface area contributed by atoms with Crippen molar-refractivity contribution in [1.82, 2.24) is 10.2 Å². The van der Waals surface area contributed by atoms with Gasteiger partial charge in [-0.1, -0.05) is 0 Å². The fourth-order valence-corrected chi connectivity index (χ4v) is 4.64. The first-order valence-corrected chi connectivity index (χ1v) is 11.4. The van der Waals surface area contributed by atoms with Crippen molar-refractivity contribution in [2.45, 2.75) is 18.6 Å². The number of nitrogens with zero attached hydrogens (tertiary/aromatic N) is 3. The first-order valence-electron chi connectivity index (χ1n) is 9.76. The second-order valence-electron chi connectivity index (χ2n) is 7.33. The van der Waals surface area contributed by atoms with Crippen LogP contribution in [0.1, 0.15) is 18.4 Å². The maximum Gasteiger partial charge on any atom is 0.236 e. The summed E-state index contributed by atoms with van der Waals surface area (Å²) in [5, 5.41) is 11.3. The van der Waals surface area contributed by atoms with Crippen molar-refractivity contribution in [3.63, 3.8) is 0 Å². The molecule has 1 saturated heterocycles. The van der Waals surface area contributed by atoms with Crippen LogP contribution in [0, 0.1) is 11.6 Å². The van der Waals surface area contributed by atoms with Crippen LogP contribution in [0.25, 0.3) is 0 Å². The van der Waals surface area contributed by atoms with Gasteiger partial charge in [0.15, 0.2) is 5.82 Å². The number of nitrogens with one attached hydrogen (secondary N) is 2. The van der Waals surface area contributed by atoms with Crippen LogP contribution >= 0.6 is 0 Å². The third kappa shape index (κ3) is 5.66. The Kier molecular flexibility index (Phi) is 5.99. The first-order chi connectivity index (χ1) is 14.9. The molecule has 4 rings (SSSR count). The van der Waals surface area contributed by atoms with E-state index in [9.17, 15) is 17.2 Å². The Morgan fingerprint density at radius 2 is 1.58 bits per heavy atom. The Bertz CT molecular complexity index is 1150. The van der Waals surface area contributed by atoms with Crippen LogP contribution in [0.3, 0.4) is 0 Å². The Balaban J connectivity index is 1.40. The highest BCUT2D eigenvalue weighted by atomic mass is 32.2. The van der Waals surface area contributed by atoms with Crippen LogP contribution in [0.5, 0.6) is 0 Å². The van der Waals surface area contributed by atoms with Gasteiger partial charge in [0, 0.05) is 36.6 Å². The van der Waals surface area contributed by atoms with Gasteiger partial charge in [0.1, 0.15) is 11.6 Å². The molecule has 2 heterocycles. The van der Waals surface area contributed by atoms with E-state index >= 15 is 0 Å². The molecule has 10 heteroatoms. The molecule has 3 aromatic rings. The molecular formula is C21H21F2N5O2S. The van der Waals surface area contributed by atoms with Crippen LogP contribution in [0.2, 0.25) is 0 Å². The molecule has 0 bridgehead atoms. The number of halogens is 2. The Labute approximate surface area is 179 Å². The summed E-state index contributed by atoms with van der Waals surface area (Å²) >= 11 is 0. The minimum Gasteiger partial charge on any atom is -0.370 e. The SMILES string of the molecule is O=S(=O)(Cc1cc(F)cc(F)c1)Nc1ccc(Nc2cc(N3CCCC3)cnn2)cc1. The number of benzene rings is 2. The van der Waals surface area contributed by atoms with Crippen molar-refractivity contribution in [1.29, 1.82) is 0 Å². The van der Waals surface area contributed by atoms with Crippen molar-refractivity contribution < 1.29 is 17.2 Å². The van der Waals surface area contributed by atoms with Crippen molar-refractivity contribution in [2.75, 3.05) is 28.0 Å². The number of aromatic nitrogens is 2. The summed E-state index contributed by atoms with van der Waals surface area (Å²) in [5.74, 6) is -1.60. The zero-order chi connectivity index (χ0) is 21.8. The Morgan fingerprint density at radius 1 is 0.935 bits per heavy atom. The van der Waals surface area contributed by atoms with Crippen molar-refractivity contribution >= 4 is 32.9 Å². The third-order valence-electron chi connectivity index (χ3n) is 4.82. The number of hydrogen-bond acceptors (Lipinski definition) is 6. The van der Waals surface area contributed by atoms with Gasteiger partial charge in [-0.2, -0.15) is 5.10 Å². The lowest BCUT2D eigenvalue weighted by Crippen LogP contribution is -2.18. The van der Waals surface area contributed by atoms with Crippen LogP contribution in [-0.2, 0) is 15.8 Å². The summed E-state index contributed by atoms with van der Waals surface area (Å²) in [5.41, 5.74) is 2.08. The van der Waals surface area contributed by atoms with Crippen LogP contribution in [-0.4, -0.2) is 31.7 Å². The summed E-state index contributed by atoms with van der Waals surface area (Å²) in [4.78, 5) is 2.25. The minimum atomic E-state index is -3.84. The van der Waals surface area contributed by atoms with Crippen LogP contribution in [0.15, 0.2) is 54.7 Å². The van der Waals surface area contributed by atoms with E-state index in [4.69, 9.17) is 0 Å².